The van der Waals surface area contributed by atoms with Gasteiger partial charge in [-0.25, -0.2) is 0 Å². The molecule has 1 saturated carbocycles. The molecule has 1 aliphatic carbocycles. The highest BCUT2D eigenvalue weighted by Gasteiger charge is 2.41. The van der Waals surface area contributed by atoms with Crippen molar-refractivity contribution in [3.8, 4) is 0 Å². The van der Waals surface area contributed by atoms with Gasteiger partial charge in [0.15, 0.2) is 0 Å². The van der Waals surface area contributed by atoms with Gasteiger partial charge in [0.25, 0.3) is 0 Å². The van der Waals surface area contributed by atoms with E-state index in [-0.39, 0.29) is 0 Å². The highest BCUT2D eigenvalue weighted by molar-refractivity contribution is 5.09. The fourth-order valence-corrected chi connectivity index (χ4v) is 3.74. The summed E-state index contributed by atoms with van der Waals surface area (Å²) in [4.78, 5) is 6.58. The molecule has 118 valence electrons. The van der Waals surface area contributed by atoms with Crippen molar-refractivity contribution >= 4 is 0 Å². The number of aromatic nitrogens is 1. The standard InChI is InChI=1S/C18H31N3/c1-5-20-17-16(6-10-18(17,2)3)14-21(4)13-9-15-7-11-19-12-8-15/h7-8,11-12,16-17,20H,5-6,9-10,13-14H2,1-4H3. The molecule has 1 aromatic heterocycles. The zero-order chi connectivity index (χ0) is 15.3. The Morgan fingerprint density at radius 1 is 1.33 bits per heavy atom. The van der Waals surface area contributed by atoms with Crippen molar-refractivity contribution in [2.45, 2.75) is 46.1 Å². The molecule has 1 N–H and O–H groups in total. The van der Waals surface area contributed by atoms with E-state index in [0.717, 1.165) is 25.4 Å². The van der Waals surface area contributed by atoms with Crippen LogP contribution >= 0.6 is 0 Å². The third kappa shape index (κ3) is 4.52. The molecule has 1 heterocycles. The molecule has 0 bridgehead atoms. The number of nitrogens with zero attached hydrogens (tertiary/aromatic N) is 2. The van der Waals surface area contributed by atoms with Crippen LogP contribution in [0, 0.1) is 11.3 Å². The van der Waals surface area contributed by atoms with E-state index in [1.807, 2.05) is 12.4 Å². The summed E-state index contributed by atoms with van der Waals surface area (Å²) >= 11 is 0. The number of nitrogens with one attached hydrogen (secondary N) is 1. The van der Waals surface area contributed by atoms with Crippen molar-refractivity contribution in [1.29, 1.82) is 0 Å². The van der Waals surface area contributed by atoms with Gasteiger partial charge < -0.3 is 10.2 Å². The molecule has 0 saturated heterocycles. The zero-order valence-corrected chi connectivity index (χ0v) is 14.1. The van der Waals surface area contributed by atoms with Crippen LogP contribution in [-0.4, -0.2) is 42.6 Å². The Labute approximate surface area is 130 Å². The van der Waals surface area contributed by atoms with Crippen LogP contribution in [0.4, 0.5) is 0 Å². The van der Waals surface area contributed by atoms with E-state index in [1.54, 1.807) is 0 Å². The maximum absolute atomic E-state index is 4.08. The minimum Gasteiger partial charge on any atom is -0.313 e. The van der Waals surface area contributed by atoms with E-state index in [2.05, 4.69) is 55.2 Å². The van der Waals surface area contributed by atoms with Crippen LogP contribution < -0.4 is 5.32 Å². The van der Waals surface area contributed by atoms with Crippen LogP contribution in [0.15, 0.2) is 24.5 Å². The number of pyridine rings is 1. The number of rotatable bonds is 7. The van der Waals surface area contributed by atoms with Crippen LogP contribution in [0.5, 0.6) is 0 Å². The average Bonchev–Trinajstić information content (AvgIpc) is 2.74. The lowest BCUT2D eigenvalue weighted by Crippen LogP contribution is -2.45. The molecular weight excluding hydrogens is 258 g/mol. The van der Waals surface area contributed by atoms with Crippen molar-refractivity contribution in [2.24, 2.45) is 11.3 Å². The Morgan fingerprint density at radius 3 is 2.71 bits per heavy atom. The normalized spacial score (nSPS) is 24.6. The zero-order valence-electron chi connectivity index (χ0n) is 14.1. The second-order valence-electron chi connectivity index (χ2n) is 7.19. The maximum Gasteiger partial charge on any atom is 0.0270 e. The van der Waals surface area contributed by atoms with Gasteiger partial charge in [0.2, 0.25) is 0 Å². The lowest BCUT2D eigenvalue weighted by atomic mass is 9.84. The molecule has 0 radical (unpaired) electrons. The van der Waals surface area contributed by atoms with Gasteiger partial charge in [0, 0.05) is 31.5 Å². The van der Waals surface area contributed by atoms with Crippen molar-refractivity contribution in [2.75, 3.05) is 26.7 Å². The van der Waals surface area contributed by atoms with Crippen LogP contribution in [0.3, 0.4) is 0 Å². The summed E-state index contributed by atoms with van der Waals surface area (Å²) in [5.74, 6) is 0.780. The van der Waals surface area contributed by atoms with Gasteiger partial charge in [-0.05, 0) is 61.9 Å². The Morgan fingerprint density at radius 2 is 2.05 bits per heavy atom. The lowest BCUT2D eigenvalue weighted by Gasteiger charge is -2.33. The molecule has 21 heavy (non-hydrogen) atoms. The van der Waals surface area contributed by atoms with Gasteiger partial charge in [-0.2, -0.15) is 0 Å². The monoisotopic (exact) mass is 289 g/mol. The van der Waals surface area contributed by atoms with E-state index in [4.69, 9.17) is 0 Å². The Bertz CT molecular complexity index is 416. The molecule has 2 atom stereocenters. The van der Waals surface area contributed by atoms with Gasteiger partial charge in [0.05, 0.1) is 0 Å². The summed E-state index contributed by atoms with van der Waals surface area (Å²) in [6, 6.07) is 4.90. The third-order valence-corrected chi connectivity index (χ3v) is 4.97. The number of hydrogen-bond donors (Lipinski definition) is 1. The van der Waals surface area contributed by atoms with E-state index < -0.39 is 0 Å². The van der Waals surface area contributed by atoms with E-state index in [1.165, 1.54) is 24.9 Å². The molecule has 1 aromatic rings. The topological polar surface area (TPSA) is 28.2 Å². The van der Waals surface area contributed by atoms with Gasteiger partial charge >= 0.3 is 0 Å². The molecule has 3 heteroatoms. The maximum atomic E-state index is 4.08. The predicted molar refractivity (Wildman–Crippen MR) is 89.4 cm³/mol. The summed E-state index contributed by atoms with van der Waals surface area (Å²) in [5.41, 5.74) is 1.82. The van der Waals surface area contributed by atoms with E-state index in [9.17, 15) is 0 Å². The summed E-state index contributed by atoms with van der Waals surface area (Å²) in [6.45, 7) is 10.4. The largest absolute Gasteiger partial charge is 0.313 e. The highest BCUT2D eigenvalue weighted by Crippen LogP contribution is 2.41. The minimum absolute atomic E-state index is 0.437. The lowest BCUT2D eigenvalue weighted by molar-refractivity contribution is 0.206. The highest BCUT2D eigenvalue weighted by atomic mass is 15.1. The Balaban J connectivity index is 1.83. The summed E-state index contributed by atoms with van der Waals surface area (Å²) < 4.78 is 0. The molecule has 1 aliphatic rings. The molecular formula is C18H31N3. The van der Waals surface area contributed by atoms with Gasteiger partial charge in [0.1, 0.15) is 0 Å². The van der Waals surface area contributed by atoms with Gasteiger partial charge in [-0.3, -0.25) is 4.98 Å². The summed E-state index contributed by atoms with van der Waals surface area (Å²) in [7, 11) is 2.26. The van der Waals surface area contributed by atoms with Crippen LogP contribution in [0.2, 0.25) is 0 Å². The summed E-state index contributed by atoms with van der Waals surface area (Å²) in [5, 5.41) is 3.73. The number of likely N-dealkylation sites (N-methyl/N-ethyl adjacent to an activating group) is 1. The molecule has 2 unspecified atom stereocenters. The van der Waals surface area contributed by atoms with E-state index >= 15 is 0 Å². The molecule has 0 aromatic carbocycles. The molecule has 2 rings (SSSR count). The van der Waals surface area contributed by atoms with Crippen LogP contribution in [0.1, 0.15) is 39.2 Å². The fourth-order valence-electron chi connectivity index (χ4n) is 3.74. The Kier molecular flexibility index (Phi) is 5.77. The first-order chi connectivity index (χ1) is 10.0. The first kappa shape index (κ1) is 16.4. The van der Waals surface area contributed by atoms with Crippen LogP contribution in [-0.2, 0) is 6.42 Å². The van der Waals surface area contributed by atoms with Gasteiger partial charge in [-0.1, -0.05) is 20.8 Å². The van der Waals surface area contributed by atoms with Crippen molar-refractivity contribution in [3.63, 3.8) is 0 Å². The predicted octanol–water partition coefficient (Wildman–Crippen LogP) is 2.97. The van der Waals surface area contributed by atoms with Crippen molar-refractivity contribution < 1.29 is 0 Å². The molecule has 1 fully saturated rings. The quantitative estimate of drug-likeness (QED) is 0.836. The SMILES string of the molecule is CCNC1C(CN(C)CCc2ccncc2)CCC1(C)C. The first-order valence-electron chi connectivity index (χ1n) is 8.34. The Hall–Kier alpha value is -0.930. The molecule has 0 aliphatic heterocycles. The molecule has 0 spiro atoms. The minimum atomic E-state index is 0.437. The smallest absolute Gasteiger partial charge is 0.0270 e. The van der Waals surface area contributed by atoms with Crippen molar-refractivity contribution in [3.05, 3.63) is 30.1 Å². The number of hydrogen-bond acceptors (Lipinski definition) is 3. The van der Waals surface area contributed by atoms with E-state index in [0.29, 0.717) is 11.5 Å². The van der Waals surface area contributed by atoms with Crippen LogP contribution in [0.25, 0.3) is 0 Å². The fraction of sp³-hybridized carbons (Fsp3) is 0.722. The third-order valence-electron chi connectivity index (χ3n) is 4.97. The first-order valence-corrected chi connectivity index (χ1v) is 8.34. The second-order valence-corrected chi connectivity index (χ2v) is 7.19. The van der Waals surface area contributed by atoms with Gasteiger partial charge in [-0.15, -0.1) is 0 Å². The average molecular weight is 289 g/mol. The molecule has 3 nitrogen and oxygen atoms in total. The molecule has 0 amide bonds. The summed E-state index contributed by atoms with van der Waals surface area (Å²) in [6.07, 6.45) is 7.57. The van der Waals surface area contributed by atoms with Crippen molar-refractivity contribution in [1.82, 2.24) is 15.2 Å². The second kappa shape index (κ2) is 7.37.